The number of halogens is 6. The smallest absolute Gasteiger partial charge is 0.401 e. The van der Waals surface area contributed by atoms with Crippen LogP contribution in [0.15, 0.2) is 0 Å². The van der Waals surface area contributed by atoms with E-state index in [1.54, 1.807) is 0 Å². The topological polar surface area (TPSA) is 26.3 Å². The van der Waals surface area contributed by atoms with Crippen LogP contribution in [0.2, 0.25) is 0 Å². The van der Waals surface area contributed by atoms with Crippen LogP contribution in [0, 0.1) is 0 Å². The normalized spacial score (nSPS) is 12.3. The summed E-state index contributed by atoms with van der Waals surface area (Å²) in [6.45, 7) is -1.62. The van der Waals surface area contributed by atoms with Crippen molar-refractivity contribution in [2.45, 2.75) is 18.8 Å². The highest BCUT2D eigenvalue weighted by Crippen LogP contribution is 2.24. The summed E-state index contributed by atoms with van der Waals surface area (Å²) in [6.07, 6.45) is -7.44. The van der Waals surface area contributed by atoms with Crippen molar-refractivity contribution in [1.29, 1.82) is 0 Å². The van der Waals surface area contributed by atoms with Gasteiger partial charge in [-0.25, -0.2) is 22.4 Å². The average molecular weight is 210 g/mol. The molecule has 78 valence electrons. The number of carbonyl (C=O) groups is 1. The molecule has 0 heterocycles. The Kier molecular flexibility index (Phi) is 4.02. The van der Waals surface area contributed by atoms with Crippen LogP contribution >= 0.6 is 0 Å². The maximum Gasteiger partial charge on any atom is 0.401 e. The fraction of sp³-hybridized carbons (Fsp3) is 0.800. The molecule has 0 aromatic carbocycles. The summed E-state index contributed by atoms with van der Waals surface area (Å²) >= 11 is 0. The van der Waals surface area contributed by atoms with Crippen molar-refractivity contribution in [3.63, 3.8) is 0 Å². The highest BCUT2D eigenvalue weighted by molar-refractivity contribution is 5.78. The molecule has 0 N–H and O–H groups in total. The first kappa shape index (κ1) is 12.0. The Hall–Kier alpha value is -0.950. The second kappa shape index (κ2) is 4.33. The number of hydrogen-bond acceptors (Lipinski definition) is 2. The third-order valence-electron chi connectivity index (χ3n) is 0.887. The number of rotatable bonds is 4. The number of ether oxygens (including phenoxy) is 1. The van der Waals surface area contributed by atoms with Gasteiger partial charge in [-0.3, -0.25) is 0 Å². The van der Waals surface area contributed by atoms with E-state index in [1.165, 1.54) is 0 Å². The van der Waals surface area contributed by atoms with E-state index in [1.807, 2.05) is 0 Å². The molecule has 0 atom stereocenters. The van der Waals surface area contributed by atoms with Gasteiger partial charge in [-0.2, -0.15) is 8.78 Å². The highest BCUT2D eigenvalue weighted by atomic mass is 19.3. The molecule has 0 unspecified atom stereocenters. The van der Waals surface area contributed by atoms with Gasteiger partial charge < -0.3 is 4.74 Å². The molecule has 0 amide bonds. The van der Waals surface area contributed by atoms with Crippen molar-refractivity contribution in [2.75, 3.05) is 6.61 Å². The molecule has 0 aliphatic rings. The summed E-state index contributed by atoms with van der Waals surface area (Å²) in [6, 6.07) is 0. The zero-order valence-corrected chi connectivity index (χ0v) is 5.95. The first-order chi connectivity index (χ1) is 5.78. The molecule has 0 aromatic heterocycles. The van der Waals surface area contributed by atoms with Gasteiger partial charge in [-0.05, 0) is 0 Å². The second-order valence-electron chi connectivity index (χ2n) is 1.91. The molecular weight excluding hydrogens is 206 g/mol. The Morgan fingerprint density at radius 1 is 1.23 bits per heavy atom. The molecule has 13 heavy (non-hydrogen) atoms. The van der Waals surface area contributed by atoms with Gasteiger partial charge >= 0.3 is 18.3 Å². The molecule has 0 aromatic rings. The fourth-order valence-electron chi connectivity index (χ4n) is 0.324. The zero-order chi connectivity index (χ0) is 10.6. The van der Waals surface area contributed by atoms with Crippen molar-refractivity contribution < 1.29 is 35.9 Å². The van der Waals surface area contributed by atoms with Gasteiger partial charge in [0.1, 0.15) is 0 Å². The van der Waals surface area contributed by atoms with Crippen LogP contribution in [0.1, 0.15) is 0 Å². The van der Waals surface area contributed by atoms with Gasteiger partial charge in [0.25, 0.3) is 6.43 Å². The monoisotopic (exact) mass is 210 g/mol. The lowest BCUT2D eigenvalue weighted by atomic mass is 10.3. The van der Waals surface area contributed by atoms with E-state index < -0.39 is 31.3 Å². The first-order valence-corrected chi connectivity index (χ1v) is 2.89. The molecule has 8 heteroatoms. The summed E-state index contributed by atoms with van der Waals surface area (Å²) in [5, 5.41) is 0. The van der Waals surface area contributed by atoms with E-state index in [2.05, 4.69) is 4.74 Å². The van der Waals surface area contributed by atoms with E-state index in [9.17, 15) is 31.1 Å². The minimum Gasteiger partial charge on any atom is -0.455 e. The average Bonchev–Trinajstić information content (AvgIpc) is 1.99. The van der Waals surface area contributed by atoms with Crippen LogP contribution in [0.4, 0.5) is 26.3 Å². The summed E-state index contributed by atoms with van der Waals surface area (Å²) < 4.78 is 72.3. The molecular formula is C5H4F6O2. The maximum atomic E-state index is 11.9. The molecule has 0 aliphatic heterocycles. The predicted octanol–water partition coefficient (Wildman–Crippen LogP) is 1.70. The molecule has 0 saturated carbocycles. The molecule has 0 fully saturated rings. The minimum absolute atomic E-state index is 1.62. The molecule has 0 rings (SSSR count). The Bertz CT molecular complexity index is 180. The standard InChI is InChI=1S/C5H4F6O2/c6-2(7)1-13-4(12)5(10,11)3(8)9/h2-3H,1H2. The van der Waals surface area contributed by atoms with Crippen LogP contribution in [0.3, 0.4) is 0 Å². The largest absolute Gasteiger partial charge is 0.455 e. The lowest BCUT2D eigenvalue weighted by Gasteiger charge is -2.13. The lowest BCUT2D eigenvalue weighted by molar-refractivity contribution is -0.197. The van der Waals surface area contributed by atoms with Crippen LogP contribution in [0.25, 0.3) is 0 Å². The van der Waals surface area contributed by atoms with Gasteiger partial charge in [0, 0.05) is 0 Å². The third kappa shape index (κ3) is 3.51. The second-order valence-corrected chi connectivity index (χ2v) is 1.91. The van der Waals surface area contributed by atoms with Crippen molar-refractivity contribution in [1.82, 2.24) is 0 Å². The first-order valence-electron chi connectivity index (χ1n) is 2.89. The van der Waals surface area contributed by atoms with E-state index >= 15 is 0 Å². The number of hydrogen-bond donors (Lipinski definition) is 0. The molecule has 2 nitrogen and oxygen atoms in total. The molecule has 0 radical (unpaired) electrons. The predicted molar refractivity (Wildman–Crippen MR) is 27.9 cm³/mol. The van der Waals surface area contributed by atoms with Crippen LogP contribution < -0.4 is 0 Å². The minimum atomic E-state index is -5.03. The summed E-state index contributed by atoms with van der Waals surface area (Å²) in [4.78, 5) is 10.0. The van der Waals surface area contributed by atoms with E-state index in [4.69, 9.17) is 0 Å². The Balaban J connectivity index is 4.10. The van der Waals surface area contributed by atoms with Gasteiger partial charge in [0.15, 0.2) is 6.61 Å². The van der Waals surface area contributed by atoms with Gasteiger partial charge in [0.05, 0.1) is 0 Å². The Morgan fingerprint density at radius 3 is 2.00 bits per heavy atom. The van der Waals surface area contributed by atoms with Crippen molar-refractivity contribution >= 4 is 5.97 Å². The summed E-state index contributed by atoms with van der Waals surface area (Å²) in [7, 11) is 0. The van der Waals surface area contributed by atoms with Gasteiger partial charge in [0.2, 0.25) is 0 Å². The zero-order valence-electron chi connectivity index (χ0n) is 5.95. The number of carbonyl (C=O) groups excluding carboxylic acids is 1. The van der Waals surface area contributed by atoms with Gasteiger partial charge in [-0.1, -0.05) is 0 Å². The molecule has 0 bridgehead atoms. The van der Waals surface area contributed by atoms with Crippen molar-refractivity contribution in [3.8, 4) is 0 Å². The van der Waals surface area contributed by atoms with Crippen molar-refractivity contribution in [3.05, 3.63) is 0 Å². The highest BCUT2D eigenvalue weighted by Gasteiger charge is 2.50. The number of alkyl halides is 6. The fourth-order valence-corrected chi connectivity index (χ4v) is 0.324. The van der Waals surface area contributed by atoms with Crippen LogP contribution in [-0.4, -0.2) is 31.3 Å². The number of esters is 1. The van der Waals surface area contributed by atoms with Gasteiger partial charge in [-0.15, -0.1) is 0 Å². The third-order valence-corrected chi connectivity index (χ3v) is 0.887. The SMILES string of the molecule is O=C(OCC(F)F)C(F)(F)C(F)F. The van der Waals surface area contributed by atoms with Crippen molar-refractivity contribution in [2.24, 2.45) is 0 Å². The van der Waals surface area contributed by atoms with E-state index in [-0.39, 0.29) is 0 Å². The molecule has 0 spiro atoms. The maximum absolute atomic E-state index is 11.9. The lowest BCUT2D eigenvalue weighted by Crippen LogP contribution is -2.38. The quantitative estimate of drug-likeness (QED) is 0.521. The van der Waals surface area contributed by atoms with E-state index in [0.29, 0.717) is 0 Å². The Morgan fingerprint density at radius 2 is 1.69 bits per heavy atom. The van der Waals surface area contributed by atoms with Crippen LogP contribution in [-0.2, 0) is 9.53 Å². The molecule has 0 aliphatic carbocycles. The van der Waals surface area contributed by atoms with Crippen LogP contribution in [0.5, 0.6) is 0 Å². The Labute approximate surface area is 68.5 Å². The summed E-state index contributed by atoms with van der Waals surface area (Å²) in [5.74, 6) is -7.68. The summed E-state index contributed by atoms with van der Waals surface area (Å²) in [5.41, 5.74) is 0. The molecule has 0 saturated heterocycles. The van der Waals surface area contributed by atoms with E-state index in [0.717, 1.165) is 0 Å².